The van der Waals surface area contributed by atoms with Gasteiger partial charge in [-0.3, -0.25) is 14.2 Å². The molecule has 3 rings (SSSR count). The van der Waals surface area contributed by atoms with E-state index in [1.807, 2.05) is 13.1 Å². The Kier molecular flexibility index (Phi) is 5.67. The first kappa shape index (κ1) is 19.2. The Morgan fingerprint density at radius 2 is 2.19 bits per heavy atom. The van der Waals surface area contributed by atoms with Gasteiger partial charge in [0.2, 0.25) is 5.91 Å². The number of nitrogens with zero attached hydrogens (tertiary/aromatic N) is 4. The average Bonchev–Trinajstić information content (AvgIpc) is 3.19. The fraction of sp³-hybridized carbons (Fsp3) is 0.500. The van der Waals surface area contributed by atoms with E-state index >= 15 is 0 Å². The first-order valence-electron chi connectivity index (χ1n) is 9.00. The van der Waals surface area contributed by atoms with Crippen LogP contribution >= 0.6 is 0 Å². The zero-order valence-corrected chi connectivity index (χ0v) is 15.0. The lowest BCUT2D eigenvalue weighted by Gasteiger charge is -2.07. The maximum atomic E-state index is 12.9. The Morgan fingerprint density at radius 1 is 1.41 bits per heavy atom. The molecule has 0 aliphatic heterocycles. The van der Waals surface area contributed by atoms with Gasteiger partial charge in [-0.25, -0.2) is 0 Å². The quantitative estimate of drug-likeness (QED) is 0.564. The van der Waals surface area contributed by atoms with Crippen LogP contribution in [0, 0.1) is 0 Å². The number of alkyl halides is 3. The summed E-state index contributed by atoms with van der Waals surface area (Å²) < 4.78 is 41.8. The number of hydrogen-bond acceptors (Lipinski definition) is 3. The number of nitrogens with one attached hydrogen (secondary N) is 1. The van der Waals surface area contributed by atoms with E-state index in [1.54, 1.807) is 17.0 Å². The predicted molar refractivity (Wildman–Crippen MR) is 93.8 cm³/mol. The van der Waals surface area contributed by atoms with Gasteiger partial charge < -0.3 is 5.32 Å². The number of carbonyl (C=O) groups is 1. The SMILES string of the molecule is CCn1cc(/C=C/C(=O)NCCCn2nc(C(F)(F)F)cc2C2CC2)cn1. The summed E-state index contributed by atoms with van der Waals surface area (Å²) >= 11 is 0. The fourth-order valence-electron chi connectivity index (χ4n) is 2.77. The smallest absolute Gasteiger partial charge is 0.352 e. The molecule has 1 aliphatic rings. The van der Waals surface area contributed by atoms with Gasteiger partial charge in [-0.1, -0.05) is 0 Å². The van der Waals surface area contributed by atoms with Crippen molar-refractivity contribution >= 4 is 12.0 Å². The predicted octanol–water partition coefficient (Wildman–Crippen LogP) is 3.22. The molecular weight excluding hydrogens is 359 g/mol. The second-order valence-electron chi connectivity index (χ2n) is 6.56. The largest absolute Gasteiger partial charge is 0.435 e. The molecule has 1 fully saturated rings. The van der Waals surface area contributed by atoms with Crippen molar-refractivity contribution in [3.63, 3.8) is 0 Å². The molecule has 0 atom stereocenters. The average molecular weight is 381 g/mol. The molecule has 2 heterocycles. The Balaban J connectivity index is 1.47. The van der Waals surface area contributed by atoms with E-state index in [0.717, 1.165) is 31.0 Å². The maximum Gasteiger partial charge on any atom is 0.435 e. The molecule has 0 aromatic carbocycles. The third-order valence-corrected chi connectivity index (χ3v) is 4.35. The number of aromatic nitrogens is 4. The highest BCUT2D eigenvalue weighted by molar-refractivity contribution is 5.91. The van der Waals surface area contributed by atoms with Crippen LogP contribution in [0.2, 0.25) is 0 Å². The molecule has 0 radical (unpaired) electrons. The number of carbonyl (C=O) groups excluding carboxylic acids is 1. The van der Waals surface area contributed by atoms with E-state index in [9.17, 15) is 18.0 Å². The second kappa shape index (κ2) is 7.98. The summed E-state index contributed by atoms with van der Waals surface area (Å²) in [6.07, 6.45) is 4.47. The molecule has 0 saturated heterocycles. The van der Waals surface area contributed by atoms with Gasteiger partial charge in [-0.15, -0.1) is 0 Å². The van der Waals surface area contributed by atoms with Crippen molar-refractivity contribution in [2.75, 3.05) is 6.54 Å². The van der Waals surface area contributed by atoms with E-state index in [-0.39, 0.29) is 11.8 Å². The minimum atomic E-state index is -4.43. The summed E-state index contributed by atoms with van der Waals surface area (Å²) in [5, 5.41) is 10.5. The first-order valence-corrected chi connectivity index (χ1v) is 9.00. The maximum absolute atomic E-state index is 12.9. The molecule has 2 aromatic rings. The van der Waals surface area contributed by atoms with Gasteiger partial charge in [0.05, 0.1) is 6.20 Å². The molecule has 0 unspecified atom stereocenters. The number of hydrogen-bond donors (Lipinski definition) is 1. The lowest BCUT2D eigenvalue weighted by Crippen LogP contribution is -2.23. The molecule has 9 heteroatoms. The van der Waals surface area contributed by atoms with Crippen LogP contribution in [0.25, 0.3) is 6.08 Å². The van der Waals surface area contributed by atoms with Gasteiger partial charge >= 0.3 is 6.18 Å². The minimum absolute atomic E-state index is 0.176. The summed E-state index contributed by atoms with van der Waals surface area (Å²) in [6.45, 7) is 3.43. The number of aryl methyl sites for hydroxylation is 2. The van der Waals surface area contributed by atoms with Crippen molar-refractivity contribution < 1.29 is 18.0 Å². The summed E-state index contributed by atoms with van der Waals surface area (Å²) in [5.41, 5.74) is 0.628. The fourth-order valence-corrected chi connectivity index (χ4v) is 2.77. The van der Waals surface area contributed by atoms with Crippen LogP contribution in [-0.2, 0) is 24.1 Å². The number of halogens is 3. The summed E-state index contributed by atoms with van der Waals surface area (Å²) in [4.78, 5) is 11.8. The van der Waals surface area contributed by atoms with Gasteiger partial charge in [0, 0.05) is 49.1 Å². The molecule has 0 bridgehead atoms. The number of rotatable bonds is 8. The Labute approximate surface area is 155 Å². The van der Waals surface area contributed by atoms with Crippen molar-refractivity contribution in [2.45, 2.75) is 51.4 Å². The lowest BCUT2D eigenvalue weighted by molar-refractivity contribution is -0.141. The van der Waals surface area contributed by atoms with Crippen LogP contribution in [0.3, 0.4) is 0 Å². The Morgan fingerprint density at radius 3 is 2.81 bits per heavy atom. The second-order valence-corrected chi connectivity index (χ2v) is 6.56. The van der Waals surface area contributed by atoms with Crippen LogP contribution in [0.4, 0.5) is 13.2 Å². The molecule has 1 saturated carbocycles. The van der Waals surface area contributed by atoms with Crippen molar-refractivity contribution in [3.05, 3.63) is 41.5 Å². The minimum Gasteiger partial charge on any atom is -0.352 e. The van der Waals surface area contributed by atoms with Crippen LogP contribution in [-0.4, -0.2) is 32.0 Å². The molecule has 2 aromatic heterocycles. The molecule has 1 N–H and O–H groups in total. The van der Waals surface area contributed by atoms with E-state index in [2.05, 4.69) is 15.5 Å². The third kappa shape index (κ3) is 5.21. The van der Waals surface area contributed by atoms with E-state index in [1.165, 1.54) is 10.8 Å². The van der Waals surface area contributed by atoms with Gasteiger partial charge in [0.25, 0.3) is 0 Å². The highest BCUT2D eigenvalue weighted by Gasteiger charge is 2.37. The zero-order valence-electron chi connectivity index (χ0n) is 15.0. The lowest BCUT2D eigenvalue weighted by atomic mass is 10.2. The molecule has 0 spiro atoms. The zero-order chi connectivity index (χ0) is 19.4. The summed E-state index contributed by atoms with van der Waals surface area (Å²) in [6, 6.07) is 1.15. The van der Waals surface area contributed by atoms with E-state index in [0.29, 0.717) is 25.2 Å². The van der Waals surface area contributed by atoms with Crippen molar-refractivity contribution in [1.82, 2.24) is 24.9 Å². The van der Waals surface area contributed by atoms with E-state index in [4.69, 9.17) is 0 Å². The topological polar surface area (TPSA) is 64.7 Å². The van der Waals surface area contributed by atoms with Crippen LogP contribution in [0.1, 0.15) is 49.1 Å². The van der Waals surface area contributed by atoms with Gasteiger partial charge in [-0.2, -0.15) is 23.4 Å². The van der Waals surface area contributed by atoms with Crippen molar-refractivity contribution in [1.29, 1.82) is 0 Å². The highest BCUT2D eigenvalue weighted by Crippen LogP contribution is 2.42. The Bertz CT molecular complexity index is 817. The third-order valence-electron chi connectivity index (χ3n) is 4.35. The summed E-state index contributed by atoms with van der Waals surface area (Å²) in [7, 11) is 0. The van der Waals surface area contributed by atoms with Crippen molar-refractivity contribution in [3.8, 4) is 0 Å². The van der Waals surface area contributed by atoms with Gasteiger partial charge in [-0.05, 0) is 38.3 Å². The van der Waals surface area contributed by atoms with Crippen LogP contribution in [0.15, 0.2) is 24.5 Å². The van der Waals surface area contributed by atoms with Gasteiger partial charge in [0.1, 0.15) is 0 Å². The molecule has 1 aliphatic carbocycles. The number of amides is 1. The van der Waals surface area contributed by atoms with Crippen LogP contribution < -0.4 is 5.32 Å². The molecule has 27 heavy (non-hydrogen) atoms. The van der Waals surface area contributed by atoms with Crippen LogP contribution in [0.5, 0.6) is 0 Å². The normalized spacial score (nSPS) is 14.8. The molecular formula is C18H22F3N5O. The molecule has 146 valence electrons. The van der Waals surface area contributed by atoms with Crippen molar-refractivity contribution in [2.24, 2.45) is 0 Å². The molecule has 6 nitrogen and oxygen atoms in total. The first-order chi connectivity index (χ1) is 12.9. The van der Waals surface area contributed by atoms with Gasteiger partial charge in [0.15, 0.2) is 5.69 Å². The Hall–Kier alpha value is -2.58. The monoisotopic (exact) mass is 381 g/mol. The van der Waals surface area contributed by atoms with E-state index < -0.39 is 11.9 Å². The standard InChI is InChI=1S/C18H22F3N5O/c1-2-25-12-13(11-23-25)4-7-17(27)22-8-3-9-26-15(14-5-6-14)10-16(24-26)18(19,20)21/h4,7,10-12,14H,2-3,5-6,8-9H2,1H3,(H,22,27)/b7-4+. The summed E-state index contributed by atoms with van der Waals surface area (Å²) in [5.74, 6) is -0.0757. The highest BCUT2D eigenvalue weighted by atomic mass is 19.4. The molecule has 1 amide bonds.